The van der Waals surface area contributed by atoms with Gasteiger partial charge in [-0.05, 0) is 32.0 Å². The van der Waals surface area contributed by atoms with Crippen molar-refractivity contribution in [2.75, 3.05) is 12.4 Å². The number of amides is 1. The number of hydrogen-bond acceptors (Lipinski definition) is 3. The third-order valence-corrected chi connectivity index (χ3v) is 2.35. The van der Waals surface area contributed by atoms with Crippen LogP contribution in [0.1, 0.15) is 13.8 Å². The van der Waals surface area contributed by atoms with Crippen molar-refractivity contribution in [1.29, 1.82) is 0 Å². The summed E-state index contributed by atoms with van der Waals surface area (Å²) >= 11 is 0. The molecule has 0 saturated carbocycles. The predicted molar refractivity (Wildman–Crippen MR) is 60.8 cm³/mol. The third kappa shape index (κ3) is 3.03. The van der Waals surface area contributed by atoms with Crippen molar-refractivity contribution in [3.05, 3.63) is 30.1 Å². The van der Waals surface area contributed by atoms with Crippen molar-refractivity contribution < 1.29 is 18.7 Å². The molecule has 1 aromatic carbocycles. The zero-order valence-electron chi connectivity index (χ0n) is 9.91. The minimum Gasteiger partial charge on any atom is -0.468 e. The maximum atomic E-state index is 12.9. The Morgan fingerprint density at radius 3 is 2.53 bits per heavy atom. The number of carbonyl (C=O) groups is 2. The van der Waals surface area contributed by atoms with Crippen LogP contribution in [-0.2, 0) is 14.3 Å². The highest BCUT2D eigenvalue weighted by atomic mass is 19.1. The van der Waals surface area contributed by atoms with E-state index in [1.54, 1.807) is 0 Å². The van der Waals surface area contributed by atoms with E-state index in [0.717, 1.165) is 0 Å². The zero-order valence-corrected chi connectivity index (χ0v) is 9.91. The average Bonchev–Trinajstić information content (AvgIpc) is 2.27. The number of hydrogen-bond donors (Lipinski definition) is 1. The van der Waals surface area contributed by atoms with Gasteiger partial charge < -0.3 is 10.1 Å². The van der Waals surface area contributed by atoms with Gasteiger partial charge in [0.25, 0.3) is 0 Å². The summed E-state index contributed by atoms with van der Waals surface area (Å²) in [5.41, 5.74) is -1.02. The number of esters is 1. The van der Waals surface area contributed by atoms with Gasteiger partial charge in [-0.1, -0.05) is 6.07 Å². The molecule has 0 aliphatic rings. The number of carbonyl (C=O) groups excluding carboxylic acids is 2. The van der Waals surface area contributed by atoms with E-state index in [4.69, 9.17) is 0 Å². The Bertz CT molecular complexity index is 443. The monoisotopic (exact) mass is 239 g/mol. The smallest absolute Gasteiger partial charge is 0.320 e. The summed E-state index contributed by atoms with van der Waals surface area (Å²) in [5.74, 6) is -1.65. The van der Waals surface area contributed by atoms with Crippen LogP contribution >= 0.6 is 0 Å². The van der Waals surface area contributed by atoms with E-state index in [2.05, 4.69) is 10.1 Å². The highest BCUT2D eigenvalue weighted by Crippen LogP contribution is 2.20. The highest BCUT2D eigenvalue weighted by Gasteiger charge is 2.37. The number of anilines is 1. The molecule has 0 unspecified atom stereocenters. The molecular formula is C12H14FNO3. The second kappa shape index (κ2) is 4.95. The molecule has 0 atom stereocenters. The number of benzene rings is 1. The number of ether oxygens (including phenoxy) is 1. The van der Waals surface area contributed by atoms with Crippen LogP contribution in [0.4, 0.5) is 10.1 Å². The summed E-state index contributed by atoms with van der Waals surface area (Å²) in [5, 5.41) is 2.46. The van der Waals surface area contributed by atoms with Crippen molar-refractivity contribution in [2.24, 2.45) is 5.41 Å². The second-order valence-corrected chi connectivity index (χ2v) is 4.08. The molecule has 0 aliphatic carbocycles. The molecule has 0 aliphatic heterocycles. The van der Waals surface area contributed by atoms with Crippen LogP contribution in [0.25, 0.3) is 0 Å². The number of halogens is 1. The van der Waals surface area contributed by atoms with Gasteiger partial charge in [-0.2, -0.15) is 0 Å². The quantitative estimate of drug-likeness (QED) is 0.648. The Hall–Kier alpha value is -1.91. The SMILES string of the molecule is COC(=O)C(C)(C)C(=O)Nc1cccc(F)c1. The van der Waals surface area contributed by atoms with E-state index >= 15 is 0 Å². The maximum Gasteiger partial charge on any atom is 0.320 e. The second-order valence-electron chi connectivity index (χ2n) is 4.08. The van der Waals surface area contributed by atoms with E-state index in [0.29, 0.717) is 5.69 Å². The van der Waals surface area contributed by atoms with E-state index < -0.39 is 23.1 Å². The molecule has 0 spiro atoms. The molecule has 1 aromatic rings. The molecule has 0 aromatic heterocycles. The lowest BCUT2D eigenvalue weighted by Crippen LogP contribution is -2.38. The number of nitrogens with one attached hydrogen (secondary N) is 1. The lowest BCUT2D eigenvalue weighted by atomic mass is 9.92. The maximum absolute atomic E-state index is 12.9. The first kappa shape index (κ1) is 13.2. The lowest BCUT2D eigenvalue weighted by Gasteiger charge is -2.20. The molecule has 17 heavy (non-hydrogen) atoms. The van der Waals surface area contributed by atoms with Gasteiger partial charge in [0.1, 0.15) is 11.2 Å². The van der Waals surface area contributed by atoms with Crippen LogP contribution in [0.15, 0.2) is 24.3 Å². The topological polar surface area (TPSA) is 55.4 Å². The molecule has 0 heterocycles. The van der Waals surface area contributed by atoms with E-state index in [1.807, 2.05) is 0 Å². The molecule has 0 bridgehead atoms. The fourth-order valence-electron chi connectivity index (χ4n) is 1.20. The predicted octanol–water partition coefficient (Wildman–Crippen LogP) is 1.96. The van der Waals surface area contributed by atoms with Gasteiger partial charge in [0, 0.05) is 5.69 Å². The van der Waals surface area contributed by atoms with Crippen molar-refractivity contribution in [1.82, 2.24) is 0 Å². The normalized spacial score (nSPS) is 10.8. The van der Waals surface area contributed by atoms with Gasteiger partial charge in [-0.15, -0.1) is 0 Å². The summed E-state index contributed by atoms with van der Waals surface area (Å²) in [7, 11) is 1.21. The molecule has 0 radical (unpaired) electrons. The summed E-state index contributed by atoms with van der Waals surface area (Å²) < 4.78 is 17.4. The number of methoxy groups -OCH3 is 1. The van der Waals surface area contributed by atoms with Gasteiger partial charge in [0.05, 0.1) is 7.11 Å². The molecule has 0 fully saturated rings. The fraction of sp³-hybridized carbons (Fsp3) is 0.333. The summed E-state index contributed by atoms with van der Waals surface area (Å²) in [6.07, 6.45) is 0. The van der Waals surface area contributed by atoms with Crippen molar-refractivity contribution >= 4 is 17.6 Å². The van der Waals surface area contributed by atoms with E-state index in [-0.39, 0.29) is 0 Å². The van der Waals surface area contributed by atoms with Gasteiger partial charge in [-0.25, -0.2) is 4.39 Å². The van der Waals surface area contributed by atoms with E-state index in [9.17, 15) is 14.0 Å². The Labute approximate surface area is 98.8 Å². The first-order valence-electron chi connectivity index (χ1n) is 5.03. The third-order valence-electron chi connectivity index (χ3n) is 2.35. The van der Waals surface area contributed by atoms with Crippen molar-refractivity contribution in [3.63, 3.8) is 0 Å². The van der Waals surface area contributed by atoms with Crippen molar-refractivity contribution in [3.8, 4) is 0 Å². The van der Waals surface area contributed by atoms with Crippen LogP contribution < -0.4 is 5.32 Å². The van der Waals surface area contributed by atoms with Crippen LogP contribution in [0.2, 0.25) is 0 Å². The fourth-order valence-corrected chi connectivity index (χ4v) is 1.20. The highest BCUT2D eigenvalue weighted by molar-refractivity contribution is 6.08. The molecule has 5 heteroatoms. The lowest BCUT2D eigenvalue weighted by molar-refractivity contribution is -0.154. The Balaban J connectivity index is 2.82. The summed E-state index contributed by atoms with van der Waals surface area (Å²) in [6.45, 7) is 2.88. The molecule has 1 N–H and O–H groups in total. The summed E-state index contributed by atoms with van der Waals surface area (Å²) in [6, 6.07) is 5.44. The van der Waals surface area contributed by atoms with Crippen LogP contribution in [-0.4, -0.2) is 19.0 Å². The largest absolute Gasteiger partial charge is 0.468 e. The number of rotatable bonds is 3. The van der Waals surface area contributed by atoms with Crippen LogP contribution in [0.3, 0.4) is 0 Å². The zero-order chi connectivity index (χ0) is 13.1. The minimum atomic E-state index is -1.32. The van der Waals surface area contributed by atoms with Gasteiger partial charge in [0.2, 0.25) is 5.91 Å². The van der Waals surface area contributed by atoms with Gasteiger partial charge in [-0.3, -0.25) is 9.59 Å². The molecule has 4 nitrogen and oxygen atoms in total. The Morgan fingerprint density at radius 1 is 1.35 bits per heavy atom. The molecule has 1 amide bonds. The molecular weight excluding hydrogens is 225 g/mol. The average molecular weight is 239 g/mol. The van der Waals surface area contributed by atoms with Gasteiger partial charge in [0.15, 0.2) is 0 Å². The Kier molecular flexibility index (Phi) is 3.83. The first-order chi connectivity index (χ1) is 7.87. The Morgan fingerprint density at radius 2 is 2.00 bits per heavy atom. The molecule has 0 saturated heterocycles. The van der Waals surface area contributed by atoms with Gasteiger partial charge >= 0.3 is 5.97 Å². The minimum absolute atomic E-state index is 0.298. The molecule has 92 valence electrons. The first-order valence-corrected chi connectivity index (χ1v) is 5.03. The van der Waals surface area contributed by atoms with E-state index in [1.165, 1.54) is 45.2 Å². The standard InChI is InChI=1S/C12H14FNO3/c1-12(2,11(16)17-3)10(15)14-9-6-4-5-8(13)7-9/h4-7H,1-3H3,(H,14,15). The van der Waals surface area contributed by atoms with Crippen LogP contribution in [0.5, 0.6) is 0 Å². The van der Waals surface area contributed by atoms with Crippen LogP contribution in [0, 0.1) is 11.2 Å². The summed E-state index contributed by atoms with van der Waals surface area (Å²) in [4.78, 5) is 23.2. The molecule has 1 rings (SSSR count). The van der Waals surface area contributed by atoms with Crippen molar-refractivity contribution in [2.45, 2.75) is 13.8 Å².